The van der Waals surface area contributed by atoms with E-state index in [1.165, 1.54) is 0 Å². The van der Waals surface area contributed by atoms with Gasteiger partial charge in [0, 0.05) is 18.3 Å². The maximum Gasteiger partial charge on any atom is 0.206 e. The number of nitrogens with one attached hydrogen (secondary N) is 1. The lowest BCUT2D eigenvalue weighted by Crippen LogP contribution is -1.94. The number of thiazole rings is 1. The van der Waals surface area contributed by atoms with Gasteiger partial charge in [-0.05, 0) is 6.92 Å². The van der Waals surface area contributed by atoms with Gasteiger partial charge in [0.25, 0.3) is 0 Å². The van der Waals surface area contributed by atoms with Crippen molar-refractivity contribution in [2.75, 3.05) is 11.9 Å². The van der Waals surface area contributed by atoms with E-state index in [1.54, 1.807) is 22.7 Å². The second kappa shape index (κ2) is 5.46. The minimum absolute atomic E-state index is 0.854. The summed E-state index contributed by atoms with van der Waals surface area (Å²) in [6, 6.07) is 10.2. The van der Waals surface area contributed by atoms with Gasteiger partial charge >= 0.3 is 0 Å². The summed E-state index contributed by atoms with van der Waals surface area (Å²) >= 11 is 3.20. The van der Waals surface area contributed by atoms with E-state index in [1.807, 2.05) is 31.3 Å². The van der Waals surface area contributed by atoms with Crippen LogP contribution in [0.15, 0.2) is 36.5 Å². The number of aromatic nitrogens is 3. The van der Waals surface area contributed by atoms with Crippen LogP contribution in [0.25, 0.3) is 20.5 Å². The standard InChI is InChI=1S/C13H12N4S2/c1-2-14-13-17-16-12(19-13)10-8-15-11(18-10)9-6-4-3-5-7-9/h3-8H,2H2,1H3,(H,14,17). The summed E-state index contributed by atoms with van der Waals surface area (Å²) in [4.78, 5) is 5.51. The first kappa shape index (κ1) is 12.3. The smallest absolute Gasteiger partial charge is 0.206 e. The Kier molecular flexibility index (Phi) is 3.52. The van der Waals surface area contributed by atoms with E-state index in [-0.39, 0.29) is 0 Å². The summed E-state index contributed by atoms with van der Waals surface area (Å²) < 4.78 is 0. The highest BCUT2D eigenvalue weighted by Gasteiger charge is 2.10. The quantitative estimate of drug-likeness (QED) is 0.794. The SMILES string of the molecule is CCNc1nnc(-c2cnc(-c3ccccc3)s2)s1. The predicted molar refractivity (Wildman–Crippen MR) is 80.6 cm³/mol. The zero-order valence-electron chi connectivity index (χ0n) is 10.3. The van der Waals surface area contributed by atoms with E-state index in [4.69, 9.17) is 0 Å². The second-order valence-corrected chi connectivity index (χ2v) is 5.85. The molecule has 6 heteroatoms. The molecule has 1 aromatic carbocycles. The van der Waals surface area contributed by atoms with Gasteiger partial charge in [0.15, 0.2) is 5.01 Å². The van der Waals surface area contributed by atoms with E-state index in [0.29, 0.717) is 0 Å². The van der Waals surface area contributed by atoms with E-state index in [2.05, 4.69) is 32.6 Å². The van der Waals surface area contributed by atoms with Crippen LogP contribution in [0.3, 0.4) is 0 Å². The molecule has 4 nitrogen and oxygen atoms in total. The lowest BCUT2D eigenvalue weighted by molar-refractivity contribution is 1.07. The van der Waals surface area contributed by atoms with Crippen molar-refractivity contribution in [2.45, 2.75) is 6.92 Å². The molecule has 0 bridgehead atoms. The highest BCUT2D eigenvalue weighted by Crippen LogP contribution is 2.34. The maximum absolute atomic E-state index is 4.46. The van der Waals surface area contributed by atoms with Gasteiger partial charge in [0.1, 0.15) is 5.01 Å². The maximum atomic E-state index is 4.46. The third-order valence-electron chi connectivity index (χ3n) is 2.49. The average Bonchev–Trinajstić information content (AvgIpc) is 3.08. The van der Waals surface area contributed by atoms with Gasteiger partial charge in [-0.2, -0.15) is 0 Å². The van der Waals surface area contributed by atoms with Crippen LogP contribution in [-0.4, -0.2) is 21.7 Å². The normalized spacial score (nSPS) is 10.6. The largest absolute Gasteiger partial charge is 0.360 e. The highest BCUT2D eigenvalue weighted by atomic mass is 32.1. The minimum Gasteiger partial charge on any atom is -0.360 e. The number of hydrogen-bond acceptors (Lipinski definition) is 6. The molecule has 0 atom stereocenters. The van der Waals surface area contributed by atoms with Crippen molar-refractivity contribution < 1.29 is 0 Å². The van der Waals surface area contributed by atoms with Gasteiger partial charge in [-0.3, -0.25) is 0 Å². The Morgan fingerprint density at radius 3 is 2.68 bits per heavy atom. The fourth-order valence-electron chi connectivity index (χ4n) is 1.63. The Balaban J connectivity index is 1.88. The molecule has 1 N–H and O–H groups in total. The average molecular weight is 288 g/mol. The summed E-state index contributed by atoms with van der Waals surface area (Å²) in [5, 5.41) is 14.2. The first-order valence-corrected chi connectivity index (χ1v) is 7.59. The van der Waals surface area contributed by atoms with Gasteiger partial charge in [-0.1, -0.05) is 41.7 Å². The van der Waals surface area contributed by atoms with Gasteiger partial charge < -0.3 is 5.32 Å². The van der Waals surface area contributed by atoms with E-state index >= 15 is 0 Å². The fourth-order valence-corrected chi connectivity index (χ4v) is 3.40. The van der Waals surface area contributed by atoms with Crippen molar-refractivity contribution in [3.63, 3.8) is 0 Å². The van der Waals surface area contributed by atoms with E-state index < -0.39 is 0 Å². The van der Waals surface area contributed by atoms with Crippen LogP contribution in [0.5, 0.6) is 0 Å². The number of hydrogen-bond donors (Lipinski definition) is 1. The van der Waals surface area contributed by atoms with E-state index in [0.717, 1.165) is 32.1 Å². The number of nitrogens with zero attached hydrogens (tertiary/aromatic N) is 3. The van der Waals surface area contributed by atoms with Crippen LogP contribution in [0.4, 0.5) is 5.13 Å². The summed E-state index contributed by atoms with van der Waals surface area (Å²) in [7, 11) is 0. The van der Waals surface area contributed by atoms with Crippen molar-refractivity contribution in [1.82, 2.24) is 15.2 Å². The molecule has 3 aromatic rings. The summed E-state index contributed by atoms with van der Waals surface area (Å²) in [6.07, 6.45) is 1.86. The van der Waals surface area contributed by atoms with Crippen molar-refractivity contribution in [3.05, 3.63) is 36.5 Å². The first-order chi connectivity index (χ1) is 9.36. The molecule has 0 unspecified atom stereocenters. The van der Waals surface area contributed by atoms with Gasteiger partial charge in [-0.25, -0.2) is 4.98 Å². The second-order valence-electron chi connectivity index (χ2n) is 3.84. The lowest BCUT2D eigenvalue weighted by atomic mass is 10.2. The molecule has 0 saturated carbocycles. The summed E-state index contributed by atoms with van der Waals surface area (Å²) in [5.74, 6) is 0. The third-order valence-corrected chi connectivity index (χ3v) is 4.59. The van der Waals surface area contributed by atoms with Gasteiger partial charge in [0.05, 0.1) is 4.88 Å². The number of anilines is 1. The molecule has 0 spiro atoms. The predicted octanol–water partition coefficient (Wildman–Crippen LogP) is 3.76. The molecule has 0 radical (unpaired) electrons. The Morgan fingerprint density at radius 1 is 1.05 bits per heavy atom. The van der Waals surface area contributed by atoms with Crippen molar-refractivity contribution in [2.24, 2.45) is 0 Å². The molecule has 0 aliphatic heterocycles. The molecule has 0 aliphatic rings. The van der Waals surface area contributed by atoms with Crippen LogP contribution in [-0.2, 0) is 0 Å². The Bertz CT molecular complexity index is 660. The van der Waals surface area contributed by atoms with Crippen LogP contribution >= 0.6 is 22.7 Å². The molecule has 0 saturated heterocycles. The molecule has 0 fully saturated rings. The minimum atomic E-state index is 0.854. The molecule has 96 valence electrons. The monoisotopic (exact) mass is 288 g/mol. The molecule has 3 rings (SSSR count). The van der Waals surface area contributed by atoms with Crippen LogP contribution in [0.1, 0.15) is 6.92 Å². The van der Waals surface area contributed by atoms with Gasteiger partial charge in [-0.15, -0.1) is 21.5 Å². The highest BCUT2D eigenvalue weighted by molar-refractivity contribution is 7.24. The Morgan fingerprint density at radius 2 is 1.89 bits per heavy atom. The first-order valence-electron chi connectivity index (χ1n) is 5.96. The molecular formula is C13H12N4S2. The third kappa shape index (κ3) is 2.64. The molecule has 2 aromatic heterocycles. The van der Waals surface area contributed by atoms with E-state index in [9.17, 15) is 0 Å². The lowest BCUT2D eigenvalue weighted by Gasteiger charge is -1.93. The van der Waals surface area contributed by atoms with Crippen LogP contribution in [0.2, 0.25) is 0 Å². The summed E-state index contributed by atoms with van der Waals surface area (Å²) in [6.45, 7) is 2.90. The zero-order chi connectivity index (χ0) is 13.1. The Hall–Kier alpha value is -1.79. The van der Waals surface area contributed by atoms with Crippen LogP contribution < -0.4 is 5.32 Å². The van der Waals surface area contributed by atoms with Gasteiger partial charge in [0.2, 0.25) is 5.13 Å². The van der Waals surface area contributed by atoms with Crippen molar-refractivity contribution >= 4 is 27.8 Å². The van der Waals surface area contributed by atoms with Crippen LogP contribution in [0, 0.1) is 0 Å². The number of rotatable bonds is 4. The Labute approximate surface area is 119 Å². The fraction of sp³-hybridized carbons (Fsp3) is 0.154. The molecule has 0 aliphatic carbocycles. The molecule has 19 heavy (non-hydrogen) atoms. The topological polar surface area (TPSA) is 50.7 Å². The molecule has 0 amide bonds. The molecule has 2 heterocycles. The number of benzene rings is 1. The summed E-state index contributed by atoms with van der Waals surface area (Å²) in [5.41, 5.74) is 1.13. The van der Waals surface area contributed by atoms with Crippen molar-refractivity contribution in [1.29, 1.82) is 0 Å². The zero-order valence-corrected chi connectivity index (χ0v) is 12.0. The van der Waals surface area contributed by atoms with Crippen molar-refractivity contribution in [3.8, 4) is 20.5 Å². The molecular weight excluding hydrogens is 276 g/mol.